The van der Waals surface area contributed by atoms with Crippen LogP contribution in [0.4, 0.5) is 5.69 Å². The van der Waals surface area contributed by atoms with Gasteiger partial charge in [0.2, 0.25) is 5.91 Å². The van der Waals surface area contributed by atoms with Gasteiger partial charge in [-0.15, -0.1) is 0 Å². The van der Waals surface area contributed by atoms with E-state index in [4.69, 9.17) is 10.2 Å². The maximum Gasteiger partial charge on any atom is 0.227 e. The van der Waals surface area contributed by atoms with Gasteiger partial charge in [-0.05, 0) is 30.7 Å². The molecule has 2 aromatic rings. The van der Waals surface area contributed by atoms with Crippen LogP contribution < -0.4 is 10.6 Å². The van der Waals surface area contributed by atoms with Crippen molar-refractivity contribution < 1.29 is 9.21 Å². The molecule has 1 amide bonds. The van der Waals surface area contributed by atoms with Crippen LogP contribution in [0.1, 0.15) is 19.2 Å². The number of nitrogens with zero attached hydrogens (tertiary/aromatic N) is 2. The van der Waals surface area contributed by atoms with Crippen LogP contribution in [0.25, 0.3) is 11.1 Å². The first-order valence-electron chi connectivity index (χ1n) is 6.61. The summed E-state index contributed by atoms with van der Waals surface area (Å²) in [5, 5.41) is 0. The molecule has 1 aromatic heterocycles. The number of hydrogen-bond acceptors (Lipinski definition) is 4. The Hall–Kier alpha value is -1.88. The zero-order valence-electron chi connectivity index (χ0n) is 10.9. The fourth-order valence-electron chi connectivity index (χ4n) is 2.47. The van der Waals surface area contributed by atoms with Crippen LogP contribution in [0.3, 0.4) is 0 Å². The first-order chi connectivity index (χ1) is 9.21. The van der Waals surface area contributed by atoms with Crippen molar-refractivity contribution in [1.29, 1.82) is 0 Å². The first-order valence-corrected chi connectivity index (χ1v) is 6.61. The molecule has 1 unspecified atom stereocenters. The second kappa shape index (κ2) is 4.66. The lowest BCUT2D eigenvalue weighted by atomic mass is 10.1. The number of hydrogen-bond donors (Lipinski definition) is 1. The van der Waals surface area contributed by atoms with Gasteiger partial charge in [0.1, 0.15) is 5.52 Å². The van der Waals surface area contributed by atoms with E-state index < -0.39 is 0 Å². The lowest BCUT2D eigenvalue weighted by Gasteiger charge is -2.16. The van der Waals surface area contributed by atoms with E-state index in [0.717, 1.165) is 29.1 Å². The topological polar surface area (TPSA) is 72.4 Å². The SMILES string of the molecule is CCc1nc2cc(N3CC(CN)CC3=O)ccc2o1. The number of oxazole rings is 1. The van der Waals surface area contributed by atoms with E-state index in [1.54, 1.807) is 4.90 Å². The number of carbonyl (C=O) groups is 1. The number of carbonyl (C=O) groups excluding carboxylic acids is 1. The van der Waals surface area contributed by atoms with Crippen LogP contribution in [0.15, 0.2) is 22.6 Å². The van der Waals surface area contributed by atoms with Crippen LogP contribution in [0.2, 0.25) is 0 Å². The molecule has 1 aromatic carbocycles. The van der Waals surface area contributed by atoms with Gasteiger partial charge >= 0.3 is 0 Å². The minimum absolute atomic E-state index is 0.133. The second-order valence-electron chi connectivity index (χ2n) is 4.92. The molecule has 1 saturated heterocycles. The van der Waals surface area contributed by atoms with Crippen molar-refractivity contribution in [2.45, 2.75) is 19.8 Å². The molecule has 1 aliphatic rings. The molecule has 19 heavy (non-hydrogen) atoms. The van der Waals surface area contributed by atoms with E-state index >= 15 is 0 Å². The molecule has 1 fully saturated rings. The molecule has 1 aliphatic heterocycles. The van der Waals surface area contributed by atoms with E-state index in [1.807, 2.05) is 25.1 Å². The minimum atomic E-state index is 0.133. The number of fused-ring (bicyclic) bond motifs is 1. The van der Waals surface area contributed by atoms with Crippen LogP contribution in [-0.4, -0.2) is 24.0 Å². The van der Waals surface area contributed by atoms with Gasteiger partial charge in [-0.3, -0.25) is 4.79 Å². The Labute approximate surface area is 111 Å². The number of rotatable bonds is 3. The van der Waals surface area contributed by atoms with Gasteiger partial charge in [-0.25, -0.2) is 4.98 Å². The number of aryl methyl sites for hydroxylation is 1. The molecule has 2 N–H and O–H groups in total. The Morgan fingerprint density at radius 1 is 1.53 bits per heavy atom. The van der Waals surface area contributed by atoms with E-state index in [9.17, 15) is 4.79 Å². The fourth-order valence-corrected chi connectivity index (χ4v) is 2.47. The molecule has 5 nitrogen and oxygen atoms in total. The summed E-state index contributed by atoms with van der Waals surface area (Å²) < 4.78 is 5.57. The fraction of sp³-hybridized carbons (Fsp3) is 0.429. The van der Waals surface area contributed by atoms with Crippen molar-refractivity contribution >= 4 is 22.7 Å². The summed E-state index contributed by atoms with van der Waals surface area (Å²) in [4.78, 5) is 18.2. The maximum absolute atomic E-state index is 12.0. The normalized spacial score (nSPS) is 19.6. The molecule has 100 valence electrons. The highest BCUT2D eigenvalue weighted by atomic mass is 16.3. The highest BCUT2D eigenvalue weighted by Crippen LogP contribution is 2.28. The highest BCUT2D eigenvalue weighted by Gasteiger charge is 2.29. The van der Waals surface area contributed by atoms with Crippen molar-refractivity contribution in [3.8, 4) is 0 Å². The number of benzene rings is 1. The quantitative estimate of drug-likeness (QED) is 0.910. The van der Waals surface area contributed by atoms with Crippen LogP contribution >= 0.6 is 0 Å². The van der Waals surface area contributed by atoms with E-state index in [0.29, 0.717) is 19.5 Å². The summed E-state index contributed by atoms with van der Waals surface area (Å²) in [7, 11) is 0. The van der Waals surface area contributed by atoms with Crippen molar-refractivity contribution in [3.05, 3.63) is 24.1 Å². The third kappa shape index (κ3) is 2.10. The molecular formula is C14H17N3O2. The van der Waals surface area contributed by atoms with Gasteiger partial charge in [-0.1, -0.05) is 6.92 Å². The average molecular weight is 259 g/mol. The van der Waals surface area contributed by atoms with Gasteiger partial charge in [0.05, 0.1) is 0 Å². The van der Waals surface area contributed by atoms with Crippen LogP contribution in [0.5, 0.6) is 0 Å². The Kier molecular flexibility index (Phi) is 2.98. The van der Waals surface area contributed by atoms with Crippen molar-refractivity contribution in [3.63, 3.8) is 0 Å². The molecule has 0 saturated carbocycles. The van der Waals surface area contributed by atoms with Gasteiger partial charge in [0, 0.05) is 25.1 Å². The lowest BCUT2D eigenvalue weighted by Crippen LogP contribution is -2.25. The molecule has 0 bridgehead atoms. The Balaban J connectivity index is 1.94. The summed E-state index contributed by atoms with van der Waals surface area (Å²) >= 11 is 0. The molecule has 0 radical (unpaired) electrons. The third-order valence-electron chi connectivity index (χ3n) is 3.57. The number of aromatic nitrogens is 1. The summed E-state index contributed by atoms with van der Waals surface area (Å²) in [6, 6.07) is 5.69. The van der Waals surface area contributed by atoms with E-state index in [2.05, 4.69) is 4.98 Å². The minimum Gasteiger partial charge on any atom is -0.441 e. The van der Waals surface area contributed by atoms with Gasteiger partial charge in [0.25, 0.3) is 0 Å². The zero-order valence-corrected chi connectivity index (χ0v) is 10.9. The van der Waals surface area contributed by atoms with Crippen molar-refractivity contribution in [2.75, 3.05) is 18.0 Å². The Morgan fingerprint density at radius 2 is 2.37 bits per heavy atom. The maximum atomic E-state index is 12.0. The number of anilines is 1. The van der Waals surface area contributed by atoms with Gasteiger partial charge in [-0.2, -0.15) is 0 Å². The summed E-state index contributed by atoms with van der Waals surface area (Å²) in [6.07, 6.45) is 1.30. The van der Waals surface area contributed by atoms with E-state index in [1.165, 1.54) is 0 Å². The lowest BCUT2D eigenvalue weighted by molar-refractivity contribution is -0.117. The molecule has 0 aliphatic carbocycles. The molecule has 5 heteroatoms. The molecule has 3 rings (SSSR count). The monoisotopic (exact) mass is 259 g/mol. The molecular weight excluding hydrogens is 242 g/mol. The molecule has 1 atom stereocenters. The Bertz CT molecular complexity index is 620. The van der Waals surface area contributed by atoms with Crippen LogP contribution in [0, 0.1) is 5.92 Å². The van der Waals surface area contributed by atoms with Crippen LogP contribution in [-0.2, 0) is 11.2 Å². The Morgan fingerprint density at radius 3 is 3.05 bits per heavy atom. The van der Waals surface area contributed by atoms with Gasteiger partial charge < -0.3 is 15.1 Å². The third-order valence-corrected chi connectivity index (χ3v) is 3.57. The average Bonchev–Trinajstić information content (AvgIpc) is 3.00. The predicted molar refractivity (Wildman–Crippen MR) is 72.9 cm³/mol. The van der Waals surface area contributed by atoms with Crippen molar-refractivity contribution in [1.82, 2.24) is 4.98 Å². The highest BCUT2D eigenvalue weighted by molar-refractivity contribution is 5.97. The van der Waals surface area contributed by atoms with Crippen molar-refractivity contribution in [2.24, 2.45) is 11.7 Å². The number of amides is 1. The zero-order chi connectivity index (χ0) is 13.4. The summed E-state index contributed by atoms with van der Waals surface area (Å²) in [6.45, 7) is 3.25. The van der Waals surface area contributed by atoms with Gasteiger partial charge in [0.15, 0.2) is 11.5 Å². The summed E-state index contributed by atoms with van der Waals surface area (Å²) in [5.41, 5.74) is 8.09. The molecule has 2 heterocycles. The largest absolute Gasteiger partial charge is 0.441 e. The van der Waals surface area contributed by atoms with E-state index in [-0.39, 0.29) is 11.8 Å². The predicted octanol–water partition coefficient (Wildman–Crippen LogP) is 1.70. The first kappa shape index (κ1) is 12.2. The number of nitrogens with two attached hydrogens (primary N) is 1. The smallest absolute Gasteiger partial charge is 0.227 e. The summed E-state index contributed by atoms with van der Waals surface area (Å²) in [5.74, 6) is 1.11. The molecule has 0 spiro atoms. The second-order valence-corrected chi connectivity index (χ2v) is 4.92. The standard InChI is InChI=1S/C14H17N3O2/c1-2-13-16-11-6-10(3-4-12(11)19-13)17-8-9(7-15)5-14(17)18/h3-4,6,9H,2,5,7-8,15H2,1H3.